The third-order valence-corrected chi connectivity index (χ3v) is 3.49. The zero-order chi connectivity index (χ0) is 13.0. The molecule has 0 aromatic heterocycles. The van der Waals surface area contributed by atoms with Crippen LogP contribution in [0.25, 0.3) is 0 Å². The molecule has 1 aromatic carbocycles. The fourth-order valence-electron chi connectivity index (χ4n) is 2.41. The van der Waals surface area contributed by atoms with E-state index >= 15 is 0 Å². The van der Waals surface area contributed by atoms with Crippen molar-refractivity contribution in [2.75, 3.05) is 13.2 Å². The molecule has 1 fully saturated rings. The quantitative estimate of drug-likeness (QED) is 0.820. The number of benzene rings is 1. The maximum Gasteiger partial charge on any atom is 0.223 e. The fraction of sp³-hybridized carbons (Fsp3) is 0.500. The van der Waals surface area contributed by atoms with Gasteiger partial charge in [0.25, 0.3) is 0 Å². The van der Waals surface area contributed by atoms with Crippen molar-refractivity contribution in [3.8, 4) is 0 Å². The number of carbonyl (C=O) groups is 1. The number of carbonyl (C=O) groups excluding carboxylic acids is 1. The second-order valence-electron chi connectivity index (χ2n) is 4.68. The first-order chi connectivity index (χ1) is 8.72. The van der Waals surface area contributed by atoms with E-state index in [1.165, 1.54) is 0 Å². The number of rotatable bonds is 4. The van der Waals surface area contributed by atoms with Crippen molar-refractivity contribution in [2.45, 2.75) is 31.4 Å². The monoisotopic (exact) mass is 249 g/mol. The van der Waals surface area contributed by atoms with E-state index in [0.717, 1.165) is 5.56 Å². The molecule has 0 radical (unpaired) electrons. The third kappa shape index (κ3) is 2.89. The number of aryl methyl sites for hydroxylation is 1. The summed E-state index contributed by atoms with van der Waals surface area (Å²) in [4.78, 5) is 13.6. The van der Waals surface area contributed by atoms with Crippen LogP contribution in [-0.4, -0.2) is 46.3 Å². The zero-order valence-electron chi connectivity index (χ0n) is 10.3. The Morgan fingerprint density at radius 2 is 2.06 bits per heavy atom. The topological polar surface area (TPSA) is 60.8 Å². The van der Waals surface area contributed by atoms with Crippen LogP contribution in [0.5, 0.6) is 0 Å². The number of amides is 1. The van der Waals surface area contributed by atoms with Crippen LogP contribution in [0.4, 0.5) is 0 Å². The van der Waals surface area contributed by atoms with E-state index in [1.807, 2.05) is 30.3 Å². The average molecular weight is 249 g/mol. The van der Waals surface area contributed by atoms with Gasteiger partial charge in [0.15, 0.2) is 0 Å². The zero-order valence-corrected chi connectivity index (χ0v) is 10.3. The number of hydrogen-bond donors (Lipinski definition) is 2. The van der Waals surface area contributed by atoms with Crippen molar-refractivity contribution >= 4 is 5.91 Å². The van der Waals surface area contributed by atoms with Crippen molar-refractivity contribution in [1.29, 1.82) is 0 Å². The molecule has 1 aliphatic heterocycles. The summed E-state index contributed by atoms with van der Waals surface area (Å²) in [5.74, 6) is 0.00875. The summed E-state index contributed by atoms with van der Waals surface area (Å²) in [6.07, 6.45) is 1.09. The highest BCUT2D eigenvalue weighted by atomic mass is 16.3. The second kappa shape index (κ2) is 5.98. The molecule has 0 bridgehead atoms. The third-order valence-electron chi connectivity index (χ3n) is 3.49. The summed E-state index contributed by atoms with van der Waals surface area (Å²) < 4.78 is 0. The van der Waals surface area contributed by atoms with Crippen molar-refractivity contribution in [2.24, 2.45) is 0 Å². The molecule has 18 heavy (non-hydrogen) atoms. The van der Waals surface area contributed by atoms with Gasteiger partial charge in [0.1, 0.15) is 0 Å². The van der Waals surface area contributed by atoms with Gasteiger partial charge in [0.2, 0.25) is 5.91 Å². The molecule has 0 saturated carbocycles. The normalized spacial score (nSPS) is 23.3. The van der Waals surface area contributed by atoms with Crippen LogP contribution in [-0.2, 0) is 11.2 Å². The Kier molecular flexibility index (Phi) is 4.33. The van der Waals surface area contributed by atoms with Crippen LogP contribution in [0.1, 0.15) is 18.4 Å². The number of aliphatic hydroxyl groups excluding tert-OH is 2. The molecule has 1 aromatic rings. The highest BCUT2D eigenvalue weighted by molar-refractivity contribution is 5.77. The molecule has 1 amide bonds. The van der Waals surface area contributed by atoms with Gasteiger partial charge in [-0.05, 0) is 18.4 Å². The highest BCUT2D eigenvalue weighted by Gasteiger charge is 2.34. The van der Waals surface area contributed by atoms with Gasteiger partial charge in [-0.1, -0.05) is 30.3 Å². The largest absolute Gasteiger partial charge is 0.394 e. The van der Waals surface area contributed by atoms with Crippen molar-refractivity contribution < 1.29 is 15.0 Å². The van der Waals surface area contributed by atoms with Crippen LogP contribution < -0.4 is 0 Å². The smallest absolute Gasteiger partial charge is 0.223 e. The first-order valence-electron chi connectivity index (χ1n) is 6.34. The lowest BCUT2D eigenvalue weighted by Gasteiger charge is -2.24. The van der Waals surface area contributed by atoms with E-state index in [2.05, 4.69) is 0 Å². The number of nitrogens with zero attached hydrogens (tertiary/aromatic N) is 1. The molecular weight excluding hydrogens is 230 g/mol. The van der Waals surface area contributed by atoms with Gasteiger partial charge in [0.05, 0.1) is 18.8 Å². The van der Waals surface area contributed by atoms with E-state index in [4.69, 9.17) is 0 Å². The molecule has 4 heteroatoms. The molecule has 0 unspecified atom stereocenters. The Morgan fingerprint density at radius 3 is 2.72 bits per heavy atom. The highest BCUT2D eigenvalue weighted by Crippen LogP contribution is 2.19. The molecule has 0 aliphatic carbocycles. The van der Waals surface area contributed by atoms with E-state index in [0.29, 0.717) is 25.8 Å². The summed E-state index contributed by atoms with van der Waals surface area (Å²) in [5, 5.41) is 18.8. The van der Waals surface area contributed by atoms with Gasteiger partial charge in [-0.2, -0.15) is 0 Å². The first-order valence-corrected chi connectivity index (χ1v) is 6.34. The maximum absolute atomic E-state index is 12.0. The predicted molar refractivity (Wildman–Crippen MR) is 68.0 cm³/mol. The summed E-state index contributed by atoms with van der Waals surface area (Å²) >= 11 is 0. The number of hydrogen-bond acceptors (Lipinski definition) is 3. The van der Waals surface area contributed by atoms with E-state index in [9.17, 15) is 15.0 Å². The first kappa shape index (κ1) is 13.1. The van der Waals surface area contributed by atoms with Crippen LogP contribution in [0.2, 0.25) is 0 Å². The van der Waals surface area contributed by atoms with Crippen molar-refractivity contribution in [1.82, 2.24) is 4.90 Å². The molecule has 0 spiro atoms. The number of likely N-dealkylation sites (tertiary alicyclic amines) is 1. The van der Waals surface area contributed by atoms with Crippen LogP contribution in [0.15, 0.2) is 30.3 Å². The molecule has 2 rings (SSSR count). The molecule has 2 atom stereocenters. The average Bonchev–Trinajstić information content (AvgIpc) is 2.78. The summed E-state index contributed by atoms with van der Waals surface area (Å²) in [7, 11) is 0. The molecule has 98 valence electrons. The Hall–Kier alpha value is -1.39. The Balaban J connectivity index is 1.88. The lowest BCUT2D eigenvalue weighted by atomic mass is 10.1. The lowest BCUT2D eigenvalue weighted by Crippen LogP contribution is -2.42. The van der Waals surface area contributed by atoms with Crippen LogP contribution in [0, 0.1) is 0 Å². The minimum Gasteiger partial charge on any atom is -0.394 e. The van der Waals surface area contributed by atoms with Crippen LogP contribution >= 0.6 is 0 Å². The lowest BCUT2D eigenvalue weighted by molar-refractivity contribution is -0.133. The van der Waals surface area contributed by atoms with Gasteiger partial charge in [-0.15, -0.1) is 0 Å². The molecule has 1 saturated heterocycles. The Bertz CT molecular complexity index is 393. The Labute approximate surface area is 107 Å². The summed E-state index contributed by atoms with van der Waals surface area (Å²) in [6.45, 7) is 0.373. The van der Waals surface area contributed by atoms with E-state index in [1.54, 1.807) is 4.90 Å². The predicted octanol–water partition coefficient (Wildman–Crippen LogP) is 0.573. The van der Waals surface area contributed by atoms with E-state index < -0.39 is 12.1 Å². The van der Waals surface area contributed by atoms with Gasteiger partial charge in [-0.25, -0.2) is 0 Å². The molecular formula is C14H19NO3. The van der Waals surface area contributed by atoms with Crippen molar-refractivity contribution in [3.63, 3.8) is 0 Å². The van der Waals surface area contributed by atoms with E-state index in [-0.39, 0.29) is 12.5 Å². The molecule has 4 nitrogen and oxygen atoms in total. The van der Waals surface area contributed by atoms with Crippen LogP contribution in [0.3, 0.4) is 0 Å². The standard InChI is InChI=1S/C14H19NO3/c16-10-12-13(17)8-9-15(12)14(18)7-6-11-4-2-1-3-5-11/h1-5,12-13,16-17H,6-10H2/t12-,13+/m0/s1. The maximum atomic E-state index is 12.0. The Morgan fingerprint density at radius 1 is 1.33 bits per heavy atom. The molecule has 1 heterocycles. The molecule has 2 N–H and O–H groups in total. The SMILES string of the molecule is O=C(CCc1ccccc1)N1CC[C@@H](O)[C@@H]1CO. The van der Waals surface area contributed by atoms with Gasteiger partial charge in [-0.3, -0.25) is 4.79 Å². The van der Waals surface area contributed by atoms with Gasteiger partial charge < -0.3 is 15.1 Å². The van der Waals surface area contributed by atoms with Gasteiger partial charge in [0, 0.05) is 13.0 Å². The molecule has 1 aliphatic rings. The minimum atomic E-state index is -0.587. The minimum absolute atomic E-state index is 0.00875. The summed E-state index contributed by atoms with van der Waals surface area (Å²) in [5.41, 5.74) is 1.13. The van der Waals surface area contributed by atoms with Gasteiger partial charge >= 0.3 is 0 Å². The second-order valence-corrected chi connectivity index (χ2v) is 4.68. The fourth-order valence-corrected chi connectivity index (χ4v) is 2.41. The number of aliphatic hydroxyl groups is 2. The van der Waals surface area contributed by atoms with Crippen molar-refractivity contribution in [3.05, 3.63) is 35.9 Å². The summed E-state index contributed by atoms with van der Waals surface area (Å²) in [6, 6.07) is 9.43.